The highest BCUT2D eigenvalue weighted by Crippen LogP contribution is 2.13. The van der Waals surface area contributed by atoms with Crippen LogP contribution in [0, 0.1) is 6.07 Å². The quantitative estimate of drug-likeness (QED) is 0.646. The molecule has 3 nitrogen and oxygen atoms in total. The zero-order valence-electron chi connectivity index (χ0n) is 8.67. The first-order chi connectivity index (χ1) is 7.93. The summed E-state index contributed by atoms with van der Waals surface area (Å²) in [7, 11) is 0. The molecule has 2 heterocycles. The number of pyridine rings is 1. The van der Waals surface area contributed by atoms with E-state index in [2.05, 4.69) is 16.1 Å². The van der Waals surface area contributed by atoms with Gasteiger partial charge in [-0.05, 0) is 35.9 Å². The second kappa shape index (κ2) is 3.77. The van der Waals surface area contributed by atoms with Crippen molar-refractivity contribution in [1.29, 1.82) is 0 Å². The standard InChI is InChI=1S/C13H10N3/c1-2-4-13-12(3-1)9-15-16(13)10-11-5-7-14-8-6-11/h2-9H,10H2. The number of hydrogen-bond acceptors (Lipinski definition) is 2. The third-order valence-electron chi connectivity index (χ3n) is 2.57. The molecule has 3 rings (SSSR count). The van der Waals surface area contributed by atoms with Crippen molar-refractivity contribution >= 4 is 10.9 Å². The van der Waals surface area contributed by atoms with E-state index in [1.54, 1.807) is 12.4 Å². The van der Waals surface area contributed by atoms with E-state index in [0.717, 1.165) is 17.4 Å². The van der Waals surface area contributed by atoms with E-state index in [4.69, 9.17) is 0 Å². The average Bonchev–Trinajstić information content (AvgIpc) is 2.74. The molecule has 0 aliphatic carbocycles. The van der Waals surface area contributed by atoms with Crippen LogP contribution in [0.1, 0.15) is 5.56 Å². The fourth-order valence-electron chi connectivity index (χ4n) is 1.75. The Morgan fingerprint density at radius 2 is 2.06 bits per heavy atom. The van der Waals surface area contributed by atoms with E-state index in [-0.39, 0.29) is 0 Å². The van der Waals surface area contributed by atoms with E-state index in [9.17, 15) is 0 Å². The van der Waals surface area contributed by atoms with Gasteiger partial charge in [-0.2, -0.15) is 5.10 Å². The zero-order chi connectivity index (χ0) is 10.8. The predicted octanol–water partition coefficient (Wildman–Crippen LogP) is 2.28. The second-order valence-electron chi connectivity index (χ2n) is 3.64. The van der Waals surface area contributed by atoms with Crippen LogP contribution in [-0.4, -0.2) is 14.8 Å². The first kappa shape index (κ1) is 9.09. The number of aromatic nitrogens is 3. The van der Waals surface area contributed by atoms with Gasteiger partial charge in [-0.1, -0.05) is 6.07 Å². The molecule has 77 valence electrons. The van der Waals surface area contributed by atoms with Gasteiger partial charge in [-0.3, -0.25) is 9.67 Å². The Balaban J connectivity index is 2.01. The van der Waals surface area contributed by atoms with Crippen LogP contribution in [0.15, 0.2) is 48.9 Å². The van der Waals surface area contributed by atoms with Gasteiger partial charge in [0.1, 0.15) is 0 Å². The summed E-state index contributed by atoms with van der Waals surface area (Å²) < 4.78 is 1.98. The third-order valence-corrected chi connectivity index (χ3v) is 2.57. The molecule has 0 unspecified atom stereocenters. The van der Waals surface area contributed by atoms with Crippen LogP contribution in [0.3, 0.4) is 0 Å². The SMILES string of the molecule is [c]1ccc2c(c1)cnn2Cc1ccncc1. The van der Waals surface area contributed by atoms with Crippen molar-refractivity contribution in [2.45, 2.75) is 6.54 Å². The number of benzene rings is 1. The van der Waals surface area contributed by atoms with Gasteiger partial charge in [-0.15, -0.1) is 0 Å². The van der Waals surface area contributed by atoms with E-state index in [1.165, 1.54) is 5.56 Å². The molecule has 0 bridgehead atoms. The summed E-state index contributed by atoms with van der Waals surface area (Å²) in [5, 5.41) is 5.49. The molecule has 0 atom stereocenters. The van der Waals surface area contributed by atoms with Crippen molar-refractivity contribution in [3.8, 4) is 0 Å². The van der Waals surface area contributed by atoms with E-state index in [1.807, 2.05) is 41.2 Å². The highest BCUT2D eigenvalue weighted by Gasteiger charge is 2.01. The summed E-state index contributed by atoms with van der Waals surface area (Å²) in [5.41, 5.74) is 2.34. The molecule has 0 fully saturated rings. The molecule has 3 heteroatoms. The van der Waals surface area contributed by atoms with Gasteiger partial charge in [0.05, 0.1) is 18.3 Å². The maximum Gasteiger partial charge on any atom is 0.0686 e. The smallest absolute Gasteiger partial charge is 0.0686 e. The van der Waals surface area contributed by atoms with Gasteiger partial charge in [0.25, 0.3) is 0 Å². The third kappa shape index (κ3) is 1.56. The van der Waals surface area contributed by atoms with Crippen LogP contribution < -0.4 is 0 Å². The van der Waals surface area contributed by atoms with Gasteiger partial charge in [-0.25, -0.2) is 0 Å². The lowest BCUT2D eigenvalue weighted by molar-refractivity contribution is 0.711. The number of hydrogen-bond donors (Lipinski definition) is 0. The Kier molecular flexibility index (Phi) is 2.14. The van der Waals surface area contributed by atoms with Crippen LogP contribution in [0.25, 0.3) is 10.9 Å². The lowest BCUT2D eigenvalue weighted by Gasteiger charge is -2.02. The Bertz CT molecular complexity index is 599. The minimum Gasteiger partial charge on any atom is -0.265 e. The highest BCUT2D eigenvalue weighted by atomic mass is 15.3. The van der Waals surface area contributed by atoms with Crippen molar-refractivity contribution in [2.75, 3.05) is 0 Å². The van der Waals surface area contributed by atoms with Crippen LogP contribution in [0.5, 0.6) is 0 Å². The molecule has 0 spiro atoms. The number of fused-ring (bicyclic) bond motifs is 1. The lowest BCUT2D eigenvalue weighted by atomic mass is 10.2. The minimum atomic E-state index is 0.774. The topological polar surface area (TPSA) is 30.7 Å². The summed E-state index contributed by atoms with van der Waals surface area (Å²) >= 11 is 0. The first-order valence-corrected chi connectivity index (χ1v) is 5.14. The summed E-state index contributed by atoms with van der Waals surface area (Å²) in [5.74, 6) is 0. The summed E-state index contributed by atoms with van der Waals surface area (Å²) in [6, 6.07) is 12.9. The summed E-state index contributed by atoms with van der Waals surface area (Å²) in [4.78, 5) is 4.00. The van der Waals surface area contributed by atoms with Crippen LogP contribution in [0.2, 0.25) is 0 Å². The van der Waals surface area contributed by atoms with Gasteiger partial charge >= 0.3 is 0 Å². The molecule has 2 aromatic heterocycles. The number of nitrogens with zero attached hydrogens (tertiary/aromatic N) is 3. The normalized spacial score (nSPS) is 10.8. The Morgan fingerprint density at radius 1 is 1.19 bits per heavy atom. The maximum atomic E-state index is 4.37. The Labute approximate surface area is 93.4 Å². The van der Waals surface area contributed by atoms with Crippen molar-refractivity contribution in [3.63, 3.8) is 0 Å². The molecule has 0 saturated heterocycles. The first-order valence-electron chi connectivity index (χ1n) is 5.14. The molecular formula is C13H10N3. The molecule has 0 aliphatic rings. The summed E-state index contributed by atoms with van der Waals surface area (Å²) in [6.45, 7) is 0.774. The molecule has 3 aromatic rings. The molecule has 0 N–H and O–H groups in total. The molecule has 16 heavy (non-hydrogen) atoms. The summed E-state index contributed by atoms with van der Waals surface area (Å²) in [6.07, 6.45) is 5.47. The van der Waals surface area contributed by atoms with E-state index < -0.39 is 0 Å². The van der Waals surface area contributed by atoms with E-state index >= 15 is 0 Å². The van der Waals surface area contributed by atoms with E-state index in [0.29, 0.717) is 0 Å². The molecule has 1 aromatic carbocycles. The van der Waals surface area contributed by atoms with Gasteiger partial charge in [0.2, 0.25) is 0 Å². The fourth-order valence-corrected chi connectivity index (χ4v) is 1.75. The molecule has 0 saturated carbocycles. The highest BCUT2D eigenvalue weighted by molar-refractivity contribution is 5.78. The maximum absolute atomic E-state index is 4.37. The minimum absolute atomic E-state index is 0.774. The molecular weight excluding hydrogens is 198 g/mol. The average molecular weight is 208 g/mol. The largest absolute Gasteiger partial charge is 0.265 e. The predicted molar refractivity (Wildman–Crippen MR) is 61.9 cm³/mol. The van der Waals surface area contributed by atoms with Gasteiger partial charge in [0.15, 0.2) is 0 Å². The molecule has 0 aliphatic heterocycles. The van der Waals surface area contributed by atoms with Crippen molar-refractivity contribution in [2.24, 2.45) is 0 Å². The fraction of sp³-hybridized carbons (Fsp3) is 0.0769. The monoisotopic (exact) mass is 208 g/mol. The second-order valence-corrected chi connectivity index (χ2v) is 3.64. The van der Waals surface area contributed by atoms with Crippen molar-refractivity contribution < 1.29 is 0 Å². The number of rotatable bonds is 2. The van der Waals surface area contributed by atoms with Crippen molar-refractivity contribution in [1.82, 2.24) is 14.8 Å². The molecule has 0 amide bonds. The van der Waals surface area contributed by atoms with Crippen molar-refractivity contribution in [3.05, 3.63) is 60.6 Å². The van der Waals surface area contributed by atoms with Crippen LogP contribution in [0.4, 0.5) is 0 Å². The lowest BCUT2D eigenvalue weighted by Crippen LogP contribution is -2.00. The zero-order valence-corrected chi connectivity index (χ0v) is 8.67. The van der Waals surface area contributed by atoms with Crippen LogP contribution >= 0.6 is 0 Å². The molecule has 1 radical (unpaired) electrons. The van der Waals surface area contributed by atoms with Crippen LogP contribution in [-0.2, 0) is 6.54 Å². The Morgan fingerprint density at radius 3 is 2.94 bits per heavy atom. The van der Waals surface area contributed by atoms with Gasteiger partial charge in [0, 0.05) is 17.8 Å². The Hall–Kier alpha value is -2.16. The van der Waals surface area contributed by atoms with Gasteiger partial charge < -0.3 is 0 Å².